The van der Waals surface area contributed by atoms with Crippen molar-refractivity contribution in [3.05, 3.63) is 18.0 Å². The summed E-state index contributed by atoms with van der Waals surface area (Å²) in [6.45, 7) is 0.329. The van der Waals surface area contributed by atoms with Gasteiger partial charge < -0.3 is 15.7 Å². The van der Waals surface area contributed by atoms with Crippen LogP contribution in [-0.2, 0) is 18.4 Å². The molecule has 1 aromatic rings. The molecule has 2 rings (SSSR count). The van der Waals surface area contributed by atoms with Gasteiger partial charge in [-0.1, -0.05) is 25.7 Å². The molecule has 1 aliphatic carbocycles. The predicted octanol–water partition coefficient (Wildman–Crippen LogP) is 1.40. The summed E-state index contributed by atoms with van der Waals surface area (Å²) >= 11 is 0. The Morgan fingerprint density at radius 2 is 2.00 bits per heavy atom. The molecule has 1 heterocycles. The third-order valence-corrected chi connectivity index (χ3v) is 3.93. The Hall–Kier alpha value is -2.05. The first kappa shape index (κ1) is 15.3. The summed E-state index contributed by atoms with van der Waals surface area (Å²) in [6.07, 6.45) is 8.15. The lowest BCUT2D eigenvalue weighted by molar-refractivity contribution is -0.145. The SMILES string of the molecule is Cn1cc(CNC(=O)NC2(C(=O)O)CCCCCC2)cn1. The van der Waals surface area contributed by atoms with E-state index < -0.39 is 17.5 Å². The van der Waals surface area contributed by atoms with Crippen LogP contribution in [-0.4, -0.2) is 32.4 Å². The van der Waals surface area contributed by atoms with Gasteiger partial charge in [0.05, 0.1) is 6.20 Å². The van der Waals surface area contributed by atoms with Crippen molar-refractivity contribution in [1.82, 2.24) is 20.4 Å². The summed E-state index contributed by atoms with van der Waals surface area (Å²) in [7, 11) is 1.80. The number of carboxylic acids is 1. The van der Waals surface area contributed by atoms with Gasteiger partial charge in [-0.15, -0.1) is 0 Å². The number of hydrogen-bond acceptors (Lipinski definition) is 3. The highest BCUT2D eigenvalue weighted by atomic mass is 16.4. The van der Waals surface area contributed by atoms with Gasteiger partial charge in [-0.3, -0.25) is 4.68 Å². The topological polar surface area (TPSA) is 96.2 Å². The van der Waals surface area contributed by atoms with Crippen molar-refractivity contribution in [1.29, 1.82) is 0 Å². The Morgan fingerprint density at radius 1 is 1.33 bits per heavy atom. The van der Waals surface area contributed by atoms with Gasteiger partial charge in [-0.05, 0) is 12.8 Å². The number of aryl methyl sites for hydroxylation is 1. The van der Waals surface area contributed by atoms with E-state index in [-0.39, 0.29) is 0 Å². The molecule has 21 heavy (non-hydrogen) atoms. The maximum Gasteiger partial charge on any atom is 0.329 e. The standard InChI is InChI=1S/C14H22N4O3/c1-18-10-11(9-16-18)8-15-13(21)17-14(12(19)20)6-4-2-3-5-7-14/h9-10H,2-8H2,1H3,(H,19,20)(H2,15,17,21). The van der Waals surface area contributed by atoms with E-state index in [9.17, 15) is 14.7 Å². The van der Waals surface area contributed by atoms with Crippen molar-refractivity contribution in [2.24, 2.45) is 7.05 Å². The molecule has 1 aliphatic rings. The molecular weight excluding hydrogens is 272 g/mol. The summed E-state index contributed by atoms with van der Waals surface area (Å²) in [5, 5.41) is 18.9. The molecule has 1 fully saturated rings. The number of hydrogen-bond donors (Lipinski definition) is 3. The second-order valence-electron chi connectivity index (χ2n) is 5.63. The van der Waals surface area contributed by atoms with Crippen LogP contribution in [0.1, 0.15) is 44.1 Å². The fourth-order valence-corrected chi connectivity index (χ4v) is 2.73. The van der Waals surface area contributed by atoms with Gasteiger partial charge in [0.15, 0.2) is 0 Å². The zero-order valence-corrected chi connectivity index (χ0v) is 12.3. The molecule has 1 saturated carbocycles. The molecule has 0 aliphatic heterocycles. The molecule has 7 nitrogen and oxygen atoms in total. The van der Waals surface area contributed by atoms with Gasteiger partial charge in [-0.2, -0.15) is 5.10 Å². The minimum absolute atomic E-state index is 0.329. The van der Waals surface area contributed by atoms with E-state index in [1.165, 1.54) is 0 Å². The van der Waals surface area contributed by atoms with Gasteiger partial charge in [0, 0.05) is 25.4 Å². The molecule has 0 bridgehead atoms. The van der Waals surface area contributed by atoms with E-state index in [1.54, 1.807) is 24.1 Å². The highest BCUT2D eigenvalue weighted by molar-refractivity contribution is 5.86. The normalized spacial score (nSPS) is 17.8. The van der Waals surface area contributed by atoms with Crippen molar-refractivity contribution in [2.45, 2.75) is 50.6 Å². The van der Waals surface area contributed by atoms with Gasteiger partial charge in [0.25, 0.3) is 0 Å². The minimum Gasteiger partial charge on any atom is -0.480 e. The highest BCUT2D eigenvalue weighted by Gasteiger charge is 2.40. The van der Waals surface area contributed by atoms with Crippen molar-refractivity contribution in [2.75, 3.05) is 0 Å². The van der Waals surface area contributed by atoms with Crippen molar-refractivity contribution >= 4 is 12.0 Å². The molecule has 0 atom stereocenters. The van der Waals surface area contributed by atoms with Gasteiger partial charge in [-0.25, -0.2) is 9.59 Å². The average molecular weight is 294 g/mol. The van der Waals surface area contributed by atoms with Crippen LogP contribution in [0.4, 0.5) is 4.79 Å². The van der Waals surface area contributed by atoms with Crippen LogP contribution in [0.25, 0.3) is 0 Å². The Balaban J connectivity index is 1.93. The lowest BCUT2D eigenvalue weighted by atomic mass is 9.90. The molecule has 0 radical (unpaired) electrons. The number of aromatic nitrogens is 2. The molecule has 7 heteroatoms. The fraction of sp³-hybridized carbons (Fsp3) is 0.643. The zero-order valence-electron chi connectivity index (χ0n) is 12.3. The number of aliphatic carboxylic acids is 1. The summed E-state index contributed by atoms with van der Waals surface area (Å²) in [5.74, 6) is -0.944. The predicted molar refractivity (Wildman–Crippen MR) is 76.6 cm³/mol. The summed E-state index contributed by atoms with van der Waals surface area (Å²) in [4.78, 5) is 23.6. The summed E-state index contributed by atoms with van der Waals surface area (Å²) < 4.78 is 1.65. The Morgan fingerprint density at radius 3 is 2.52 bits per heavy atom. The number of carboxylic acid groups (broad SMARTS) is 1. The molecule has 3 N–H and O–H groups in total. The van der Waals surface area contributed by atoms with Crippen molar-refractivity contribution in [3.63, 3.8) is 0 Å². The van der Waals surface area contributed by atoms with Crippen LogP contribution in [0.2, 0.25) is 0 Å². The zero-order chi connectivity index (χ0) is 15.3. The molecule has 0 aromatic carbocycles. The lowest BCUT2D eigenvalue weighted by Crippen LogP contribution is -2.56. The molecule has 0 unspecified atom stereocenters. The molecule has 116 valence electrons. The maximum atomic E-state index is 12.0. The van der Waals surface area contributed by atoms with Crippen LogP contribution in [0.15, 0.2) is 12.4 Å². The van der Waals surface area contributed by atoms with E-state index in [1.807, 2.05) is 0 Å². The second-order valence-corrected chi connectivity index (χ2v) is 5.63. The molecule has 0 spiro atoms. The molecular formula is C14H22N4O3. The number of amides is 2. The van der Waals surface area contributed by atoms with E-state index in [2.05, 4.69) is 15.7 Å². The van der Waals surface area contributed by atoms with Gasteiger partial charge >= 0.3 is 12.0 Å². The van der Waals surface area contributed by atoms with Crippen LogP contribution >= 0.6 is 0 Å². The quantitative estimate of drug-likeness (QED) is 0.731. The first-order valence-corrected chi connectivity index (χ1v) is 7.29. The molecule has 2 amide bonds. The average Bonchev–Trinajstić information content (AvgIpc) is 2.71. The number of urea groups is 1. The minimum atomic E-state index is -1.13. The third kappa shape index (κ3) is 3.96. The number of nitrogens with zero attached hydrogens (tertiary/aromatic N) is 2. The van der Waals surface area contributed by atoms with E-state index in [0.717, 1.165) is 31.2 Å². The monoisotopic (exact) mass is 294 g/mol. The van der Waals surface area contributed by atoms with Crippen molar-refractivity contribution < 1.29 is 14.7 Å². The Kier molecular flexibility index (Phi) is 4.82. The number of nitrogens with one attached hydrogen (secondary N) is 2. The maximum absolute atomic E-state index is 12.0. The van der Waals surface area contributed by atoms with E-state index in [4.69, 9.17) is 0 Å². The number of carbonyl (C=O) groups excluding carboxylic acids is 1. The highest BCUT2D eigenvalue weighted by Crippen LogP contribution is 2.27. The Labute approximate surface area is 123 Å². The fourth-order valence-electron chi connectivity index (χ4n) is 2.73. The molecule has 1 aromatic heterocycles. The smallest absolute Gasteiger partial charge is 0.329 e. The summed E-state index contributed by atoms with van der Waals surface area (Å²) in [5.41, 5.74) is -0.256. The summed E-state index contributed by atoms with van der Waals surface area (Å²) in [6, 6.07) is -0.442. The number of rotatable bonds is 4. The van der Waals surface area contributed by atoms with Gasteiger partial charge in [0.2, 0.25) is 0 Å². The van der Waals surface area contributed by atoms with E-state index in [0.29, 0.717) is 19.4 Å². The lowest BCUT2D eigenvalue weighted by Gasteiger charge is -2.29. The van der Waals surface area contributed by atoms with Crippen LogP contribution < -0.4 is 10.6 Å². The Bertz CT molecular complexity index is 504. The molecule has 0 saturated heterocycles. The first-order valence-electron chi connectivity index (χ1n) is 7.29. The number of carbonyl (C=O) groups is 2. The second kappa shape index (κ2) is 6.60. The van der Waals surface area contributed by atoms with Crippen molar-refractivity contribution in [3.8, 4) is 0 Å². The largest absolute Gasteiger partial charge is 0.480 e. The first-order chi connectivity index (χ1) is 10.0. The van der Waals surface area contributed by atoms with E-state index >= 15 is 0 Å². The third-order valence-electron chi connectivity index (χ3n) is 3.93. The van der Waals surface area contributed by atoms with Crippen LogP contribution in [0, 0.1) is 0 Å². The van der Waals surface area contributed by atoms with Crippen LogP contribution in [0.3, 0.4) is 0 Å². The van der Waals surface area contributed by atoms with Crippen LogP contribution in [0.5, 0.6) is 0 Å². The van der Waals surface area contributed by atoms with Gasteiger partial charge in [0.1, 0.15) is 5.54 Å².